The fraction of sp³-hybridized carbons (Fsp3) is 0.800. The molecule has 1 aromatic heterocycles. The van der Waals surface area contributed by atoms with Gasteiger partial charge in [0.2, 0.25) is 0 Å². The minimum Gasteiger partial charge on any atom is -0.243 e. The number of halogens is 1. The number of hydrogen-bond donors (Lipinski definition) is 1. The minimum absolute atomic E-state index is 0.185. The van der Waals surface area contributed by atoms with Gasteiger partial charge < -0.3 is 0 Å². The van der Waals surface area contributed by atoms with Crippen LogP contribution in [0.5, 0.6) is 0 Å². The monoisotopic (exact) mass is 160 g/mol. The zero-order valence-corrected chi connectivity index (χ0v) is 6.47. The lowest BCUT2D eigenvalue weighted by Gasteiger charge is -1.96. The second kappa shape index (κ2) is 3.51. The average Bonchev–Trinajstić information content (AvgIpc) is 2.34. The molecule has 56 valence electrons. The molecule has 0 saturated carbocycles. The Hall–Kier alpha value is -0.640. The van der Waals surface area contributed by atoms with Crippen molar-refractivity contribution in [3.05, 3.63) is 5.82 Å². The Labute approximate surface area is 64.0 Å². The Morgan fingerprint density at radius 3 is 3.00 bits per heavy atom. The molecule has 5 heteroatoms. The number of tetrazole rings is 1. The molecule has 1 unspecified atom stereocenters. The summed E-state index contributed by atoms with van der Waals surface area (Å²) in [6.45, 7) is 1.95. The van der Waals surface area contributed by atoms with Gasteiger partial charge in [-0.05, 0) is 23.8 Å². The maximum absolute atomic E-state index is 5.71. The van der Waals surface area contributed by atoms with E-state index in [0.29, 0.717) is 0 Å². The molecular weight excluding hydrogens is 152 g/mol. The van der Waals surface area contributed by atoms with E-state index in [-0.39, 0.29) is 5.38 Å². The number of aromatic amines is 1. The molecular formula is C5H9ClN4. The maximum Gasteiger partial charge on any atom is 0.148 e. The molecule has 0 fully saturated rings. The number of hydrogen-bond acceptors (Lipinski definition) is 3. The molecule has 0 amide bonds. The summed E-state index contributed by atoms with van der Waals surface area (Å²) in [6, 6.07) is 0. The molecule has 0 bridgehead atoms. The van der Waals surface area contributed by atoms with E-state index in [1.165, 1.54) is 0 Å². The van der Waals surface area contributed by atoms with Crippen LogP contribution >= 0.6 is 11.6 Å². The van der Waals surface area contributed by atoms with Crippen LogP contribution in [0.15, 0.2) is 0 Å². The van der Waals surface area contributed by atoms with Crippen molar-refractivity contribution < 1.29 is 0 Å². The Morgan fingerprint density at radius 1 is 1.70 bits per heavy atom. The fourth-order valence-electron chi connectivity index (χ4n) is 0.620. The van der Waals surface area contributed by atoms with Crippen molar-refractivity contribution in [3.63, 3.8) is 0 Å². The molecule has 0 spiro atoms. The highest BCUT2D eigenvalue weighted by Gasteiger charge is 1.99. The van der Waals surface area contributed by atoms with Crippen LogP contribution in [0.1, 0.15) is 19.2 Å². The van der Waals surface area contributed by atoms with Crippen molar-refractivity contribution in [1.82, 2.24) is 20.6 Å². The molecule has 1 rings (SSSR count). The van der Waals surface area contributed by atoms with Crippen LogP contribution in [0.3, 0.4) is 0 Å². The van der Waals surface area contributed by atoms with Gasteiger partial charge in [-0.3, -0.25) is 0 Å². The van der Waals surface area contributed by atoms with Crippen molar-refractivity contribution in [2.75, 3.05) is 0 Å². The molecule has 0 aliphatic rings. The summed E-state index contributed by atoms with van der Waals surface area (Å²) in [5, 5.41) is 13.4. The van der Waals surface area contributed by atoms with Crippen LogP contribution in [0.4, 0.5) is 0 Å². The summed E-state index contributed by atoms with van der Waals surface area (Å²) in [5.41, 5.74) is 0. The van der Waals surface area contributed by atoms with Gasteiger partial charge in [-0.15, -0.1) is 16.7 Å². The molecule has 1 heterocycles. The van der Waals surface area contributed by atoms with Gasteiger partial charge >= 0.3 is 0 Å². The predicted molar refractivity (Wildman–Crippen MR) is 37.8 cm³/mol. The number of H-pyrrole nitrogens is 1. The SMILES string of the molecule is CC(Cl)CCc1nnn[nH]1. The van der Waals surface area contributed by atoms with E-state index >= 15 is 0 Å². The van der Waals surface area contributed by atoms with Crippen molar-refractivity contribution in [1.29, 1.82) is 0 Å². The molecule has 1 atom stereocenters. The second-order valence-electron chi connectivity index (χ2n) is 2.17. The first-order valence-corrected chi connectivity index (χ1v) is 3.59. The van der Waals surface area contributed by atoms with E-state index in [1.54, 1.807) is 0 Å². The average molecular weight is 161 g/mol. The summed E-state index contributed by atoms with van der Waals surface area (Å²) in [4.78, 5) is 0. The number of nitrogens with zero attached hydrogens (tertiary/aromatic N) is 3. The van der Waals surface area contributed by atoms with Gasteiger partial charge in [0, 0.05) is 11.8 Å². The molecule has 1 aromatic rings. The zero-order valence-electron chi connectivity index (χ0n) is 5.71. The molecule has 10 heavy (non-hydrogen) atoms. The van der Waals surface area contributed by atoms with Gasteiger partial charge in [0.1, 0.15) is 5.82 Å². The third-order valence-electron chi connectivity index (χ3n) is 1.17. The molecule has 0 aliphatic carbocycles. The zero-order chi connectivity index (χ0) is 7.40. The normalized spacial score (nSPS) is 13.4. The van der Waals surface area contributed by atoms with Crippen molar-refractivity contribution in [2.45, 2.75) is 25.1 Å². The van der Waals surface area contributed by atoms with E-state index < -0.39 is 0 Å². The summed E-state index contributed by atoms with van der Waals surface area (Å²) >= 11 is 5.71. The van der Waals surface area contributed by atoms with Crippen LogP contribution in [0.25, 0.3) is 0 Å². The third-order valence-corrected chi connectivity index (χ3v) is 1.39. The van der Waals surface area contributed by atoms with E-state index in [9.17, 15) is 0 Å². The quantitative estimate of drug-likeness (QED) is 0.665. The predicted octanol–water partition coefficient (Wildman–Crippen LogP) is 0.760. The lowest BCUT2D eigenvalue weighted by molar-refractivity contribution is 0.761. The van der Waals surface area contributed by atoms with Crippen LogP contribution in [-0.2, 0) is 6.42 Å². The van der Waals surface area contributed by atoms with Crippen LogP contribution in [0.2, 0.25) is 0 Å². The molecule has 0 aliphatic heterocycles. The number of nitrogens with one attached hydrogen (secondary N) is 1. The van der Waals surface area contributed by atoms with Gasteiger partial charge in [-0.1, -0.05) is 0 Å². The highest BCUT2D eigenvalue weighted by molar-refractivity contribution is 6.20. The smallest absolute Gasteiger partial charge is 0.148 e. The minimum atomic E-state index is 0.185. The maximum atomic E-state index is 5.71. The lowest BCUT2D eigenvalue weighted by atomic mass is 10.2. The fourth-order valence-corrected chi connectivity index (χ4v) is 0.729. The molecule has 1 N–H and O–H groups in total. The van der Waals surface area contributed by atoms with Crippen molar-refractivity contribution in [3.8, 4) is 0 Å². The topological polar surface area (TPSA) is 54.5 Å². The molecule has 0 radical (unpaired) electrons. The Balaban J connectivity index is 2.28. The van der Waals surface area contributed by atoms with Gasteiger partial charge in [-0.2, -0.15) is 0 Å². The van der Waals surface area contributed by atoms with Crippen LogP contribution < -0.4 is 0 Å². The van der Waals surface area contributed by atoms with Gasteiger partial charge in [-0.25, -0.2) is 5.10 Å². The summed E-state index contributed by atoms with van der Waals surface area (Å²) in [7, 11) is 0. The van der Waals surface area contributed by atoms with E-state index in [4.69, 9.17) is 11.6 Å². The van der Waals surface area contributed by atoms with E-state index in [0.717, 1.165) is 18.7 Å². The number of rotatable bonds is 3. The molecule has 4 nitrogen and oxygen atoms in total. The van der Waals surface area contributed by atoms with E-state index in [1.807, 2.05) is 6.92 Å². The first kappa shape index (κ1) is 7.47. The summed E-state index contributed by atoms with van der Waals surface area (Å²) in [5.74, 6) is 0.799. The Kier molecular flexibility index (Phi) is 2.62. The molecule has 0 saturated heterocycles. The largest absolute Gasteiger partial charge is 0.243 e. The van der Waals surface area contributed by atoms with Gasteiger partial charge in [0.05, 0.1) is 0 Å². The standard InChI is InChI=1S/C5H9ClN4/c1-4(6)2-3-5-7-9-10-8-5/h4H,2-3H2,1H3,(H,7,8,9,10). The van der Waals surface area contributed by atoms with Crippen LogP contribution in [0, 0.1) is 0 Å². The van der Waals surface area contributed by atoms with Crippen molar-refractivity contribution >= 4 is 11.6 Å². The first-order chi connectivity index (χ1) is 4.79. The Morgan fingerprint density at radius 2 is 2.50 bits per heavy atom. The second-order valence-corrected chi connectivity index (χ2v) is 2.91. The number of alkyl halides is 1. The third kappa shape index (κ3) is 2.31. The summed E-state index contributed by atoms with van der Waals surface area (Å²) < 4.78 is 0. The van der Waals surface area contributed by atoms with Gasteiger partial charge in [0.15, 0.2) is 0 Å². The first-order valence-electron chi connectivity index (χ1n) is 3.15. The van der Waals surface area contributed by atoms with E-state index in [2.05, 4.69) is 20.6 Å². The number of aryl methyl sites for hydroxylation is 1. The van der Waals surface area contributed by atoms with Gasteiger partial charge in [0.25, 0.3) is 0 Å². The summed E-state index contributed by atoms with van der Waals surface area (Å²) in [6.07, 6.45) is 1.72. The van der Waals surface area contributed by atoms with Crippen LogP contribution in [-0.4, -0.2) is 26.0 Å². The number of aromatic nitrogens is 4. The molecule has 0 aromatic carbocycles. The van der Waals surface area contributed by atoms with Crippen molar-refractivity contribution in [2.24, 2.45) is 0 Å². The Bertz CT molecular complexity index is 172. The highest BCUT2D eigenvalue weighted by Crippen LogP contribution is 2.03. The lowest BCUT2D eigenvalue weighted by Crippen LogP contribution is -1.96. The highest BCUT2D eigenvalue weighted by atomic mass is 35.5.